The Kier molecular flexibility index (Phi) is 5.62. The fraction of sp³-hybridized carbons (Fsp3) is 0.350. The van der Waals surface area contributed by atoms with Crippen molar-refractivity contribution < 1.29 is 15.0 Å². The van der Waals surface area contributed by atoms with E-state index in [1.165, 1.54) is 0 Å². The predicted molar refractivity (Wildman–Crippen MR) is 94.7 cm³/mol. The topological polar surface area (TPSA) is 60.8 Å². The maximum Gasteiger partial charge on any atom is 0.225 e. The van der Waals surface area contributed by atoms with Crippen molar-refractivity contribution in [2.45, 2.75) is 38.3 Å². The van der Waals surface area contributed by atoms with Gasteiger partial charge in [0.05, 0.1) is 12.0 Å². The first-order chi connectivity index (χ1) is 11.3. The van der Waals surface area contributed by atoms with E-state index >= 15 is 0 Å². The summed E-state index contributed by atoms with van der Waals surface area (Å²) in [5, 5.41) is 20.0. The van der Waals surface area contributed by atoms with E-state index in [0.717, 1.165) is 11.1 Å². The van der Waals surface area contributed by atoms with Gasteiger partial charge in [-0.25, -0.2) is 0 Å². The first kappa shape index (κ1) is 18.0. The zero-order chi connectivity index (χ0) is 17.7. The average molecular weight is 327 g/mol. The van der Waals surface area contributed by atoms with E-state index in [4.69, 9.17) is 0 Å². The number of phenolic OH excluding ortho intramolecular Hbond substituents is 1. The molecule has 0 aliphatic carbocycles. The third-order valence-electron chi connectivity index (χ3n) is 4.41. The number of nitrogens with zero attached hydrogens (tertiary/aromatic N) is 1. The van der Waals surface area contributed by atoms with Crippen molar-refractivity contribution in [1.29, 1.82) is 0 Å². The van der Waals surface area contributed by atoms with Crippen LogP contribution in [0.5, 0.6) is 5.75 Å². The molecule has 0 saturated heterocycles. The zero-order valence-electron chi connectivity index (χ0n) is 14.4. The zero-order valence-corrected chi connectivity index (χ0v) is 14.4. The van der Waals surface area contributed by atoms with E-state index in [9.17, 15) is 15.0 Å². The van der Waals surface area contributed by atoms with Gasteiger partial charge in [-0.3, -0.25) is 4.79 Å². The van der Waals surface area contributed by atoms with Crippen LogP contribution >= 0.6 is 0 Å². The van der Waals surface area contributed by atoms with Gasteiger partial charge in [0.2, 0.25) is 5.91 Å². The smallest absolute Gasteiger partial charge is 0.225 e. The molecule has 1 amide bonds. The molecule has 0 spiro atoms. The van der Waals surface area contributed by atoms with Crippen LogP contribution in [-0.4, -0.2) is 34.1 Å². The second kappa shape index (κ2) is 7.49. The molecule has 0 saturated carbocycles. The summed E-state index contributed by atoms with van der Waals surface area (Å²) in [7, 11) is 1.76. The van der Waals surface area contributed by atoms with Gasteiger partial charge in [0.15, 0.2) is 0 Å². The largest absolute Gasteiger partial charge is 0.508 e. The van der Waals surface area contributed by atoms with Gasteiger partial charge < -0.3 is 15.1 Å². The quantitative estimate of drug-likeness (QED) is 0.857. The summed E-state index contributed by atoms with van der Waals surface area (Å²) < 4.78 is 0. The normalized spacial score (nSPS) is 14.7. The van der Waals surface area contributed by atoms with E-state index in [-0.39, 0.29) is 24.1 Å². The highest BCUT2D eigenvalue weighted by atomic mass is 16.3. The number of phenols is 1. The number of hydrogen-bond donors (Lipinski definition) is 2. The standard InChI is InChI=1S/C20H25NO3/c1-15(13-16-9-11-18(22)12-10-16)21(3)19(23)14-20(2,24)17-7-5-4-6-8-17/h4-12,15,22,24H,13-14H2,1-3H3. The highest BCUT2D eigenvalue weighted by Gasteiger charge is 2.29. The first-order valence-corrected chi connectivity index (χ1v) is 8.11. The molecule has 2 aromatic rings. The van der Waals surface area contributed by atoms with Gasteiger partial charge in [-0.1, -0.05) is 42.5 Å². The Labute approximate surface area is 143 Å². The van der Waals surface area contributed by atoms with Gasteiger partial charge in [0.1, 0.15) is 5.75 Å². The summed E-state index contributed by atoms with van der Waals surface area (Å²) >= 11 is 0. The molecule has 128 valence electrons. The van der Waals surface area contributed by atoms with Gasteiger partial charge in [0.25, 0.3) is 0 Å². The highest BCUT2D eigenvalue weighted by Crippen LogP contribution is 2.25. The Morgan fingerprint density at radius 1 is 1.12 bits per heavy atom. The summed E-state index contributed by atoms with van der Waals surface area (Å²) in [6, 6.07) is 16.2. The molecule has 24 heavy (non-hydrogen) atoms. The van der Waals surface area contributed by atoms with Crippen molar-refractivity contribution in [1.82, 2.24) is 4.90 Å². The van der Waals surface area contributed by atoms with Crippen LogP contribution in [0.2, 0.25) is 0 Å². The Hall–Kier alpha value is -2.33. The fourth-order valence-electron chi connectivity index (χ4n) is 2.67. The summed E-state index contributed by atoms with van der Waals surface area (Å²) in [5.74, 6) is 0.130. The van der Waals surface area contributed by atoms with Gasteiger partial charge in [-0.15, -0.1) is 0 Å². The Bertz CT molecular complexity index is 665. The Balaban J connectivity index is 1.99. The molecule has 0 aromatic heterocycles. The van der Waals surface area contributed by atoms with Gasteiger partial charge in [0, 0.05) is 13.1 Å². The number of carbonyl (C=O) groups is 1. The number of aliphatic hydroxyl groups is 1. The van der Waals surface area contributed by atoms with Crippen molar-refractivity contribution in [3.05, 3.63) is 65.7 Å². The lowest BCUT2D eigenvalue weighted by atomic mass is 9.91. The number of amides is 1. The number of hydrogen-bond acceptors (Lipinski definition) is 3. The van der Waals surface area contributed by atoms with E-state index in [2.05, 4.69) is 0 Å². The molecule has 0 bridgehead atoms. The molecule has 4 heteroatoms. The van der Waals surface area contributed by atoms with Crippen molar-refractivity contribution in [2.24, 2.45) is 0 Å². The molecule has 2 unspecified atom stereocenters. The van der Waals surface area contributed by atoms with E-state index in [1.807, 2.05) is 49.4 Å². The summed E-state index contributed by atoms with van der Waals surface area (Å²) in [5.41, 5.74) is 0.595. The van der Waals surface area contributed by atoms with Gasteiger partial charge in [-0.2, -0.15) is 0 Å². The number of benzene rings is 2. The molecule has 2 atom stereocenters. The average Bonchev–Trinajstić information content (AvgIpc) is 2.56. The molecular weight excluding hydrogens is 302 g/mol. The number of likely N-dealkylation sites (N-methyl/N-ethyl adjacent to an activating group) is 1. The van der Waals surface area contributed by atoms with Crippen LogP contribution in [0.1, 0.15) is 31.4 Å². The summed E-state index contributed by atoms with van der Waals surface area (Å²) in [4.78, 5) is 14.2. The lowest BCUT2D eigenvalue weighted by molar-refractivity contribution is -0.136. The molecule has 2 rings (SSSR count). The third kappa shape index (κ3) is 4.59. The second-order valence-electron chi connectivity index (χ2n) is 6.54. The van der Waals surface area contributed by atoms with Crippen LogP contribution in [-0.2, 0) is 16.8 Å². The maximum absolute atomic E-state index is 12.5. The second-order valence-corrected chi connectivity index (χ2v) is 6.54. The van der Waals surface area contributed by atoms with E-state index < -0.39 is 5.60 Å². The number of rotatable bonds is 6. The highest BCUT2D eigenvalue weighted by molar-refractivity contribution is 5.77. The van der Waals surface area contributed by atoms with Crippen LogP contribution in [0.4, 0.5) is 0 Å². The first-order valence-electron chi connectivity index (χ1n) is 8.11. The summed E-state index contributed by atoms with van der Waals surface area (Å²) in [6.07, 6.45) is 0.726. The molecular formula is C20H25NO3. The minimum absolute atomic E-state index is 0.00591. The molecule has 0 aliphatic rings. The predicted octanol–water partition coefficient (Wildman–Crippen LogP) is 3.08. The van der Waals surface area contributed by atoms with Gasteiger partial charge >= 0.3 is 0 Å². The summed E-state index contributed by atoms with van der Waals surface area (Å²) in [6.45, 7) is 3.64. The van der Waals surface area contributed by atoms with Crippen LogP contribution in [0, 0.1) is 0 Å². The molecule has 0 heterocycles. The molecule has 0 fully saturated rings. The van der Waals surface area contributed by atoms with Crippen LogP contribution in [0.3, 0.4) is 0 Å². The van der Waals surface area contributed by atoms with Crippen molar-refractivity contribution >= 4 is 5.91 Å². The van der Waals surface area contributed by atoms with E-state index in [0.29, 0.717) is 6.42 Å². The van der Waals surface area contributed by atoms with Gasteiger partial charge in [-0.05, 0) is 43.5 Å². The monoisotopic (exact) mass is 327 g/mol. The lowest BCUT2D eigenvalue weighted by Crippen LogP contribution is -2.40. The fourth-order valence-corrected chi connectivity index (χ4v) is 2.67. The van der Waals surface area contributed by atoms with Crippen LogP contribution < -0.4 is 0 Å². The van der Waals surface area contributed by atoms with Crippen molar-refractivity contribution in [3.8, 4) is 5.75 Å². The van der Waals surface area contributed by atoms with Crippen LogP contribution in [0.15, 0.2) is 54.6 Å². The van der Waals surface area contributed by atoms with Crippen LogP contribution in [0.25, 0.3) is 0 Å². The lowest BCUT2D eigenvalue weighted by Gasteiger charge is -2.30. The maximum atomic E-state index is 12.5. The third-order valence-corrected chi connectivity index (χ3v) is 4.41. The molecule has 4 nitrogen and oxygen atoms in total. The Morgan fingerprint density at radius 2 is 1.71 bits per heavy atom. The Morgan fingerprint density at radius 3 is 2.29 bits per heavy atom. The number of aromatic hydroxyl groups is 1. The molecule has 0 aliphatic heterocycles. The minimum Gasteiger partial charge on any atom is -0.508 e. The number of carbonyl (C=O) groups excluding carboxylic acids is 1. The molecule has 2 aromatic carbocycles. The molecule has 2 N–H and O–H groups in total. The molecule has 0 radical (unpaired) electrons. The van der Waals surface area contributed by atoms with E-state index in [1.54, 1.807) is 31.0 Å². The SMILES string of the molecule is CC(Cc1ccc(O)cc1)N(C)C(=O)CC(C)(O)c1ccccc1. The minimum atomic E-state index is -1.19. The van der Waals surface area contributed by atoms with Crippen molar-refractivity contribution in [2.75, 3.05) is 7.05 Å². The van der Waals surface area contributed by atoms with Crippen molar-refractivity contribution in [3.63, 3.8) is 0 Å².